The van der Waals surface area contributed by atoms with E-state index in [-0.39, 0.29) is 30.1 Å². The molecule has 2 unspecified atom stereocenters. The highest BCUT2D eigenvalue weighted by Gasteiger charge is 2.40. The molecule has 0 bridgehead atoms. The Labute approximate surface area is 108 Å². The van der Waals surface area contributed by atoms with Crippen molar-refractivity contribution in [1.82, 2.24) is 0 Å². The fraction of sp³-hybridized carbons (Fsp3) is 0.667. The summed E-state index contributed by atoms with van der Waals surface area (Å²) in [7, 11) is 4.55. The Morgan fingerprint density at radius 1 is 1.53 bits per heavy atom. The van der Waals surface area contributed by atoms with Crippen molar-refractivity contribution in [3.63, 3.8) is 0 Å². The van der Waals surface area contributed by atoms with Crippen molar-refractivity contribution in [3.8, 4) is 0 Å². The largest absolute Gasteiger partial charge is 0.393 e. The highest BCUT2D eigenvalue weighted by atomic mass is 31.0. The molecule has 0 heterocycles. The summed E-state index contributed by atoms with van der Waals surface area (Å²) >= 11 is 0. The minimum absolute atomic E-state index is 0.0484. The van der Waals surface area contributed by atoms with E-state index in [0.29, 0.717) is 6.42 Å². The van der Waals surface area contributed by atoms with Gasteiger partial charge in [-0.2, -0.15) is 0 Å². The number of aliphatic hydroxyl groups excluding tert-OH is 1. The topological polar surface area (TPSA) is 38.7 Å². The zero-order chi connectivity index (χ0) is 12.8. The van der Waals surface area contributed by atoms with Gasteiger partial charge in [-0.25, -0.2) is 0 Å². The summed E-state index contributed by atoms with van der Waals surface area (Å²) < 4.78 is 10.5. The molecule has 1 saturated carbocycles. The highest BCUT2D eigenvalue weighted by molar-refractivity contribution is 7.10. The van der Waals surface area contributed by atoms with Crippen LogP contribution in [-0.2, 0) is 9.05 Å². The summed E-state index contributed by atoms with van der Waals surface area (Å²) in [4.78, 5) is 0. The lowest BCUT2D eigenvalue weighted by Crippen LogP contribution is -2.20. The molecule has 1 aliphatic carbocycles. The van der Waals surface area contributed by atoms with E-state index < -0.39 is 0 Å². The SMILES string of the molecule is C=CC[C@@H]1[C@@H](C=C[C@H](C)OP)[C@H](OP)C[C@@H]1O. The molecule has 3 nitrogen and oxygen atoms in total. The van der Waals surface area contributed by atoms with Gasteiger partial charge in [0.2, 0.25) is 0 Å². The van der Waals surface area contributed by atoms with Crippen LogP contribution in [0.1, 0.15) is 19.8 Å². The molecule has 5 heteroatoms. The van der Waals surface area contributed by atoms with Crippen LogP contribution in [0.25, 0.3) is 0 Å². The van der Waals surface area contributed by atoms with Gasteiger partial charge in [0.25, 0.3) is 0 Å². The van der Waals surface area contributed by atoms with Gasteiger partial charge in [-0.3, -0.25) is 0 Å². The van der Waals surface area contributed by atoms with Crippen LogP contribution in [0.5, 0.6) is 0 Å². The first-order valence-corrected chi connectivity index (χ1v) is 6.76. The van der Waals surface area contributed by atoms with Crippen LogP contribution >= 0.6 is 18.9 Å². The maximum absolute atomic E-state index is 10.0. The lowest BCUT2D eigenvalue weighted by Gasteiger charge is -2.21. The quantitative estimate of drug-likeness (QED) is 0.598. The summed E-state index contributed by atoms with van der Waals surface area (Å²) in [5, 5.41) is 10.0. The first-order valence-electron chi connectivity index (χ1n) is 5.82. The van der Waals surface area contributed by atoms with Crippen molar-refractivity contribution < 1.29 is 14.2 Å². The van der Waals surface area contributed by atoms with E-state index in [1.807, 2.05) is 19.1 Å². The van der Waals surface area contributed by atoms with E-state index in [0.717, 1.165) is 6.42 Å². The Morgan fingerprint density at radius 2 is 2.24 bits per heavy atom. The molecule has 98 valence electrons. The number of aliphatic hydroxyl groups is 1. The molecule has 1 aliphatic rings. The molecular formula is C12H22O3P2. The van der Waals surface area contributed by atoms with E-state index in [9.17, 15) is 5.11 Å². The maximum Gasteiger partial charge on any atom is 0.0763 e. The molecule has 0 aromatic heterocycles. The lowest BCUT2D eigenvalue weighted by molar-refractivity contribution is 0.124. The molecule has 0 spiro atoms. The van der Waals surface area contributed by atoms with Gasteiger partial charge in [0.05, 0.1) is 18.3 Å². The zero-order valence-corrected chi connectivity index (χ0v) is 12.5. The van der Waals surface area contributed by atoms with Crippen LogP contribution < -0.4 is 0 Å². The Bertz CT molecular complexity index is 270. The second-order valence-electron chi connectivity index (χ2n) is 4.47. The molecule has 0 saturated heterocycles. The summed E-state index contributed by atoms with van der Waals surface area (Å²) in [5.74, 6) is 0.397. The van der Waals surface area contributed by atoms with Crippen molar-refractivity contribution in [1.29, 1.82) is 0 Å². The van der Waals surface area contributed by atoms with Gasteiger partial charge in [0, 0.05) is 31.3 Å². The predicted molar refractivity (Wildman–Crippen MR) is 76.4 cm³/mol. The average molecular weight is 276 g/mol. The molecule has 0 aromatic carbocycles. The van der Waals surface area contributed by atoms with Gasteiger partial charge in [-0.15, -0.1) is 6.58 Å². The molecule has 1 fully saturated rings. The third-order valence-electron chi connectivity index (χ3n) is 3.32. The van der Waals surface area contributed by atoms with Crippen LogP contribution in [0.2, 0.25) is 0 Å². The average Bonchev–Trinajstić information content (AvgIpc) is 2.63. The van der Waals surface area contributed by atoms with Gasteiger partial charge in [0.15, 0.2) is 0 Å². The second kappa shape index (κ2) is 7.61. The highest BCUT2D eigenvalue weighted by Crippen LogP contribution is 2.38. The number of allylic oxidation sites excluding steroid dienone is 1. The third kappa shape index (κ3) is 4.12. The minimum atomic E-state index is -0.319. The normalized spacial score (nSPS) is 35.3. The molecule has 0 radical (unpaired) electrons. The fourth-order valence-corrected chi connectivity index (χ4v) is 2.74. The Hall–Kier alpha value is 0.220. The van der Waals surface area contributed by atoms with Crippen molar-refractivity contribution in [3.05, 3.63) is 24.8 Å². The Kier molecular flexibility index (Phi) is 6.84. The molecule has 1 N–H and O–H groups in total. The smallest absolute Gasteiger partial charge is 0.0763 e. The van der Waals surface area contributed by atoms with Crippen LogP contribution in [0.4, 0.5) is 0 Å². The molecule has 7 atom stereocenters. The maximum atomic E-state index is 10.0. The van der Waals surface area contributed by atoms with Gasteiger partial charge in [0.1, 0.15) is 0 Å². The van der Waals surface area contributed by atoms with Crippen molar-refractivity contribution >= 4 is 18.9 Å². The zero-order valence-electron chi connectivity index (χ0n) is 10.2. The van der Waals surface area contributed by atoms with Gasteiger partial charge in [-0.05, 0) is 19.3 Å². The summed E-state index contributed by atoms with van der Waals surface area (Å²) in [6.07, 6.45) is 7.20. The minimum Gasteiger partial charge on any atom is -0.393 e. The number of hydrogen-bond acceptors (Lipinski definition) is 3. The van der Waals surface area contributed by atoms with Crippen LogP contribution in [0.15, 0.2) is 24.8 Å². The fourth-order valence-electron chi connectivity index (χ4n) is 2.35. The van der Waals surface area contributed by atoms with Crippen molar-refractivity contribution in [2.75, 3.05) is 0 Å². The van der Waals surface area contributed by atoms with Crippen molar-refractivity contribution in [2.45, 2.75) is 38.1 Å². The number of hydrogen-bond donors (Lipinski definition) is 1. The summed E-state index contributed by atoms with van der Waals surface area (Å²) in [6, 6.07) is 0. The van der Waals surface area contributed by atoms with E-state index in [4.69, 9.17) is 9.05 Å². The predicted octanol–water partition coefficient (Wildman–Crippen LogP) is 2.49. The monoisotopic (exact) mass is 276 g/mol. The Balaban J connectivity index is 2.74. The van der Waals surface area contributed by atoms with Crippen LogP contribution in [0, 0.1) is 11.8 Å². The molecule has 17 heavy (non-hydrogen) atoms. The van der Waals surface area contributed by atoms with Gasteiger partial charge < -0.3 is 14.2 Å². The van der Waals surface area contributed by atoms with Crippen molar-refractivity contribution in [2.24, 2.45) is 11.8 Å². The number of rotatable bonds is 6. The second-order valence-corrected chi connectivity index (χ2v) is 5.01. The van der Waals surface area contributed by atoms with E-state index >= 15 is 0 Å². The van der Waals surface area contributed by atoms with Crippen LogP contribution in [0.3, 0.4) is 0 Å². The Morgan fingerprint density at radius 3 is 2.76 bits per heavy atom. The molecule has 0 aromatic rings. The molecule has 0 aliphatic heterocycles. The first-order chi connectivity index (χ1) is 8.13. The van der Waals surface area contributed by atoms with E-state index in [1.165, 1.54) is 0 Å². The molecule has 1 rings (SSSR count). The van der Waals surface area contributed by atoms with Gasteiger partial charge in [-0.1, -0.05) is 18.2 Å². The molecule has 0 amide bonds. The van der Waals surface area contributed by atoms with Gasteiger partial charge >= 0.3 is 0 Å². The molecular weight excluding hydrogens is 254 g/mol. The van der Waals surface area contributed by atoms with E-state index in [2.05, 4.69) is 31.6 Å². The van der Waals surface area contributed by atoms with E-state index in [1.54, 1.807) is 0 Å². The first kappa shape index (κ1) is 15.3. The standard InChI is InChI=1S/C12H22O3P2/c1-3-4-9-10(6-5-8(2)14-16)12(15-17)7-11(9)13/h3,5-6,8-13H,1,4,7,16-17H2,2H3/t8-,9+,10+,11-,12+/m0/s1. The van der Waals surface area contributed by atoms with Crippen LogP contribution in [-0.4, -0.2) is 23.4 Å². The third-order valence-corrected chi connectivity index (χ3v) is 4.10. The summed E-state index contributed by atoms with van der Waals surface area (Å²) in [6.45, 7) is 5.71. The lowest BCUT2D eigenvalue weighted by atomic mass is 9.90. The summed E-state index contributed by atoms with van der Waals surface area (Å²) in [5.41, 5.74) is 0.